The highest BCUT2D eigenvalue weighted by Crippen LogP contribution is 2.30. The number of carbonyl (C=O) groups excluding carboxylic acids is 1. The molecule has 1 heterocycles. The summed E-state index contributed by atoms with van der Waals surface area (Å²) in [5, 5.41) is 21.4. The molecular formula is C31H40O6. The van der Waals surface area contributed by atoms with Crippen molar-refractivity contribution in [1.29, 1.82) is 0 Å². The lowest BCUT2D eigenvalue weighted by molar-refractivity contribution is -0.139. The van der Waals surface area contributed by atoms with Crippen LogP contribution in [0, 0.1) is 0 Å². The van der Waals surface area contributed by atoms with Gasteiger partial charge in [-0.2, -0.15) is 0 Å². The molecule has 2 unspecified atom stereocenters. The van der Waals surface area contributed by atoms with E-state index in [9.17, 15) is 15.0 Å². The minimum atomic E-state index is -0.862. The van der Waals surface area contributed by atoms with Gasteiger partial charge in [0.05, 0.1) is 25.4 Å². The molecule has 1 aromatic heterocycles. The zero-order valence-electron chi connectivity index (χ0n) is 22.1. The third-order valence-electron chi connectivity index (χ3n) is 6.38. The molecule has 0 saturated heterocycles. The number of unbranched alkanes of at least 4 members (excludes halogenated alkanes) is 2. The zero-order chi connectivity index (χ0) is 26.6. The molecular weight excluding hydrogens is 468 g/mol. The number of rotatable bonds is 16. The van der Waals surface area contributed by atoms with E-state index in [0.29, 0.717) is 37.9 Å². The number of hydrogen-bond donors (Lipinski definition) is 2. The lowest BCUT2D eigenvalue weighted by atomic mass is 10.0. The number of carbonyl (C=O) groups is 1. The topological polar surface area (TPSA) is 89.1 Å². The van der Waals surface area contributed by atoms with E-state index in [1.54, 1.807) is 6.92 Å². The van der Waals surface area contributed by atoms with Crippen molar-refractivity contribution >= 4 is 16.9 Å². The number of aliphatic hydroxyl groups is 2. The van der Waals surface area contributed by atoms with Gasteiger partial charge < -0.3 is 24.1 Å². The largest absolute Gasteiger partial charge is 0.494 e. The number of hydrogen-bond acceptors (Lipinski definition) is 6. The molecule has 37 heavy (non-hydrogen) atoms. The summed E-state index contributed by atoms with van der Waals surface area (Å²) in [7, 11) is 0. The molecule has 0 spiro atoms. The van der Waals surface area contributed by atoms with E-state index in [-0.39, 0.29) is 6.61 Å². The normalized spacial score (nSPS) is 12.9. The Labute approximate surface area is 219 Å². The third-order valence-corrected chi connectivity index (χ3v) is 6.38. The van der Waals surface area contributed by atoms with Gasteiger partial charge in [0.2, 0.25) is 0 Å². The molecule has 0 aliphatic rings. The molecule has 6 heteroatoms. The summed E-state index contributed by atoms with van der Waals surface area (Å²) in [4.78, 5) is 11.3. The van der Waals surface area contributed by atoms with E-state index in [1.165, 1.54) is 24.8 Å². The Bertz CT molecular complexity index is 1130. The molecule has 0 radical (unpaired) electrons. The summed E-state index contributed by atoms with van der Waals surface area (Å²) in [5.41, 5.74) is 3.56. The van der Waals surface area contributed by atoms with E-state index in [2.05, 4.69) is 37.8 Å². The average Bonchev–Trinajstić information content (AvgIpc) is 3.32. The molecule has 0 fully saturated rings. The minimum Gasteiger partial charge on any atom is -0.494 e. The van der Waals surface area contributed by atoms with Crippen molar-refractivity contribution in [1.82, 2.24) is 0 Å². The first-order chi connectivity index (χ1) is 17.9. The zero-order valence-corrected chi connectivity index (χ0v) is 22.1. The van der Waals surface area contributed by atoms with Crippen LogP contribution in [0.25, 0.3) is 22.3 Å². The number of furan rings is 1. The van der Waals surface area contributed by atoms with E-state index in [0.717, 1.165) is 34.5 Å². The molecule has 2 atom stereocenters. The molecule has 2 N–H and O–H groups in total. The number of aliphatic hydroxyl groups excluding tert-OH is 2. The first-order valence-corrected chi connectivity index (χ1v) is 13.3. The maximum Gasteiger partial charge on any atom is 0.333 e. The second-order valence-corrected chi connectivity index (χ2v) is 9.65. The third kappa shape index (κ3) is 9.06. The Morgan fingerprint density at radius 3 is 2.32 bits per heavy atom. The molecule has 3 aromatic rings. The minimum absolute atomic E-state index is 0.197. The standard InChI is InChI=1S/C31H40O6/c1-4-5-6-9-23-12-13-25-21-30(37-29(25)20-23)24-14-16-26(17-15-24)35-18-7-10-27(32)28(33)11-8-19-36-31(34)22(2)3/h12-17,20-21,27-28,32-33H,2,4-11,18-19H2,1,3H3. The highest BCUT2D eigenvalue weighted by molar-refractivity contribution is 5.86. The number of fused-ring (bicyclic) bond motifs is 1. The van der Waals surface area contributed by atoms with Crippen molar-refractivity contribution in [2.24, 2.45) is 0 Å². The van der Waals surface area contributed by atoms with Gasteiger partial charge in [0, 0.05) is 16.5 Å². The van der Waals surface area contributed by atoms with E-state index in [4.69, 9.17) is 13.9 Å². The van der Waals surface area contributed by atoms with Crippen LogP contribution < -0.4 is 4.74 Å². The highest BCUT2D eigenvalue weighted by Gasteiger charge is 2.16. The summed E-state index contributed by atoms with van der Waals surface area (Å²) < 4.78 is 16.9. The van der Waals surface area contributed by atoms with Crippen LogP contribution in [0.5, 0.6) is 5.75 Å². The highest BCUT2D eigenvalue weighted by atomic mass is 16.5. The van der Waals surface area contributed by atoms with Crippen LogP contribution in [-0.2, 0) is 16.0 Å². The summed E-state index contributed by atoms with van der Waals surface area (Å²) in [6, 6.07) is 16.3. The van der Waals surface area contributed by atoms with Crippen LogP contribution in [0.4, 0.5) is 0 Å². The van der Waals surface area contributed by atoms with Gasteiger partial charge in [0.15, 0.2) is 0 Å². The van der Waals surface area contributed by atoms with Crippen LogP contribution >= 0.6 is 0 Å². The first kappa shape index (κ1) is 28.5. The summed E-state index contributed by atoms with van der Waals surface area (Å²) in [6.45, 7) is 7.95. The monoisotopic (exact) mass is 508 g/mol. The number of benzene rings is 2. The fourth-order valence-corrected chi connectivity index (χ4v) is 4.12. The predicted molar refractivity (Wildman–Crippen MR) is 147 cm³/mol. The summed E-state index contributed by atoms with van der Waals surface area (Å²) >= 11 is 0. The molecule has 3 rings (SSSR count). The van der Waals surface area contributed by atoms with Crippen LogP contribution in [0.15, 0.2) is 65.1 Å². The van der Waals surface area contributed by atoms with E-state index >= 15 is 0 Å². The molecule has 2 aromatic carbocycles. The predicted octanol–water partition coefficient (Wildman–Crippen LogP) is 6.61. The maximum absolute atomic E-state index is 11.3. The fourth-order valence-electron chi connectivity index (χ4n) is 4.12. The van der Waals surface area contributed by atoms with Gasteiger partial charge in [-0.25, -0.2) is 4.79 Å². The van der Waals surface area contributed by atoms with Gasteiger partial charge in [0.25, 0.3) is 0 Å². The van der Waals surface area contributed by atoms with Gasteiger partial charge in [-0.05, 0) is 87.4 Å². The number of ether oxygens (including phenoxy) is 2. The SMILES string of the molecule is C=C(C)C(=O)OCCCC(O)C(O)CCCOc1ccc(-c2cc3ccc(CCCCC)cc3o2)cc1. The average molecular weight is 509 g/mol. The van der Waals surface area contributed by atoms with Crippen LogP contribution in [0.3, 0.4) is 0 Å². The Hall–Kier alpha value is -3.09. The van der Waals surface area contributed by atoms with E-state index < -0.39 is 18.2 Å². The molecule has 0 aliphatic carbocycles. The van der Waals surface area contributed by atoms with Crippen molar-refractivity contribution in [3.63, 3.8) is 0 Å². The molecule has 0 saturated carbocycles. The summed E-state index contributed by atoms with van der Waals surface area (Å²) in [6.07, 6.45) is 4.89. The van der Waals surface area contributed by atoms with Crippen molar-refractivity contribution < 1.29 is 28.9 Å². The van der Waals surface area contributed by atoms with Gasteiger partial charge in [-0.15, -0.1) is 0 Å². The van der Waals surface area contributed by atoms with Gasteiger partial charge in [-0.1, -0.05) is 38.5 Å². The van der Waals surface area contributed by atoms with Gasteiger partial charge in [0.1, 0.15) is 17.1 Å². The Morgan fingerprint density at radius 1 is 0.946 bits per heavy atom. The second kappa shape index (κ2) is 14.6. The molecule has 200 valence electrons. The van der Waals surface area contributed by atoms with Crippen molar-refractivity contribution in [3.05, 3.63) is 66.2 Å². The lowest BCUT2D eigenvalue weighted by Gasteiger charge is -2.17. The Morgan fingerprint density at radius 2 is 1.65 bits per heavy atom. The Kier molecular flexibility index (Phi) is 11.2. The first-order valence-electron chi connectivity index (χ1n) is 13.3. The summed E-state index contributed by atoms with van der Waals surface area (Å²) in [5.74, 6) is 1.13. The second-order valence-electron chi connectivity index (χ2n) is 9.65. The van der Waals surface area contributed by atoms with Crippen LogP contribution in [0.2, 0.25) is 0 Å². The number of aryl methyl sites for hydroxylation is 1. The van der Waals surface area contributed by atoms with Crippen molar-refractivity contribution in [2.45, 2.75) is 77.4 Å². The van der Waals surface area contributed by atoms with Crippen molar-refractivity contribution in [3.8, 4) is 17.1 Å². The molecule has 0 amide bonds. The van der Waals surface area contributed by atoms with Gasteiger partial charge >= 0.3 is 5.97 Å². The fraction of sp³-hybridized carbons (Fsp3) is 0.452. The molecule has 0 aliphatic heterocycles. The maximum atomic E-state index is 11.3. The van der Waals surface area contributed by atoms with E-state index in [1.807, 2.05) is 24.3 Å². The quantitative estimate of drug-likeness (QED) is 0.129. The lowest BCUT2D eigenvalue weighted by Crippen LogP contribution is -2.26. The van der Waals surface area contributed by atoms with Gasteiger partial charge in [-0.3, -0.25) is 0 Å². The molecule has 0 bridgehead atoms. The Balaban J connectivity index is 1.39. The smallest absolute Gasteiger partial charge is 0.333 e. The van der Waals surface area contributed by atoms with Crippen LogP contribution in [0.1, 0.15) is 64.4 Å². The molecule has 6 nitrogen and oxygen atoms in total. The van der Waals surface area contributed by atoms with Crippen molar-refractivity contribution in [2.75, 3.05) is 13.2 Å². The van der Waals surface area contributed by atoms with Crippen LogP contribution in [-0.4, -0.2) is 41.6 Å². The number of esters is 1.